The molecule has 4 amide bonds. The number of amides is 4. The highest BCUT2D eigenvalue weighted by atomic mass is 35.5. The fourth-order valence-electron chi connectivity index (χ4n) is 12.6. The molecule has 0 radical (unpaired) electrons. The fraction of sp³-hybridized carbons (Fsp3) is 0.500. The number of thiazole rings is 1. The van der Waals surface area contributed by atoms with Gasteiger partial charge in [-0.2, -0.15) is 9.97 Å². The van der Waals surface area contributed by atoms with Crippen LogP contribution in [0.2, 0.25) is 5.02 Å². The van der Waals surface area contributed by atoms with Gasteiger partial charge in [-0.1, -0.05) is 87.0 Å². The lowest BCUT2D eigenvalue weighted by atomic mass is 9.85. The van der Waals surface area contributed by atoms with Gasteiger partial charge in [0.25, 0.3) is 0 Å². The molecule has 8 heterocycles. The molecule has 5 aliphatic heterocycles. The Bertz CT molecular complexity index is 3300. The number of ether oxygens (including phenoxy) is 1. The third-order valence-electron chi connectivity index (χ3n) is 17.1. The number of aryl methyl sites for hydroxylation is 1. The lowest BCUT2D eigenvalue weighted by Gasteiger charge is -2.35. The van der Waals surface area contributed by atoms with E-state index in [4.69, 9.17) is 31.3 Å². The van der Waals surface area contributed by atoms with Crippen LogP contribution in [-0.2, 0) is 25.7 Å². The van der Waals surface area contributed by atoms with Gasteiger partial charge in [0.2, 0.25) is 23.6 Å². The molecular formula is C60H72ClFN12O6S. The van der Waals surface area contributed by atoms with Crippen molar-refractivity contribution in [1.82, 2.24) is 55.9 Å². The average Bonchev–Trinajstić information content (AvgIpc) is 4.38. The van der Waals surface area contributed by atoms with Crippen molar-refractivity contribution in [2.24, 2.45) is 11.3 Å². The molecule has 81 heavy (non-hydrogen) atoms. The summed E-state index contributed by atoms with van der Waals surface area (Å²) in [4.78, 5) is 82.9. The summed E-state index contributed by atoms with van der Waals surface area (Å²) >= 11 is 8.27. The Kier molecular flexibility index (Phi) is 16.6. The van der Waals surface area contributed by atoms with Crippen LogP contribution in [-0.4, -0.2) is 165 Å². The summed E-state index contributed by atoms with van der Waals surface area (Å²) in [6.07, 6.45) is 5.16. The van der Waals surface area contributed by atoms with Crippen LogP contribution >= 0.6 is 22.9 Å². The van der Waals surface area contributed by atoms with E-state index in [0.717, 1.165) is 84.5 Å². The molecule has 3 unspecified atom stereocenters. The largest absolute Gasteiger partial charge is 0.462 e. The smallest absolute Gasteiger partial charge is 0.319 e. The molecule has 0 aliphatic carbocycles. The predicted octanol–water partition coefficient (Wildman–Crippen LogP) is 6.49. The van der Waals surface area contributed by atoms with Gasteiger partial charge in [0.05, 0.1) is 27.6 Å². The van der Waals surface area contributed by atoms with Gasteiger partial charge >= 0.3 is 6.01 Å². The van der Waals surface area contributed by atoms with Crippen LogP contribution < -0.4 is 30.9 Å². The van der Waals surface area contributed by atoms with Gasteiger partial charge in [0.15, 0.2) is 5.82 Å². The zero-order chi connectivity index (χ0) is 56.7. The number of anilines is 1. The summed E-state index contributed by atoms with van der Waals surface area (Å²) in [5, 5.41) is 25.8. The lowest BCUT2D eigenvalue weighted by molar-refractivity contribution is -0.144. The van der Waals surface area contributed by atoms with Crippen LogP contribution in [0.25, 0.3) is 43.4 Å². The molecular weight excluding hydrogens is 1070 g/mol. The second kappa shape index (κ2) is 23.8. The van der Waals surface area contributed by atoms with E-state index < -0.39 is 41.2 Å². The monoisotopic (exact) mass is 1140 g/mol. The molecule has 428 valence electrons. The minimum absolute atomic E-state index is 0.0299. The van der Waals surface area contributed by atoms with E-state index in [-0.39, 0.29) is 79.5 Å². The number of carbonyl (C=O) groups excluding carboxylic acids is 4. The van der Waals surface area contributed by atoms with Crippen molar-refractivity contribution < 1.29 is 33.4 Å². The first-order chi connectivity index (χ1) is 38.9. The van der Waals surface area contributed by atoms with Crippen molar-refractivity contribution in [3.8, 4) is 27.7 Å². The molecule has 5 saturated heterocycles. The van der Waals surface area contributed by atoms with Crippen molar-refractivity contribution in [3.63, 3.8) is 0 Å². The Morgan fingerprint density at radius 1 is 0.914 bits per heavy atom. The van der Waals surface area contributed by atoms with Crippen molar-refractivity contribution in [1.29, 1.82) is 0 Å². The van der Waals surface area contributed by atoms with Gasteiger partial charge in [-0.05, 0) is 87.2 Å². The highest BCUT2D eigenvalue weighted by Crippen LogP contribution is 2.39. The highest BCUT2D eigenvalue weighted by Gasteiger charge is 2.45. The van der Waals surface area contributed by atoms with Crippen LogP contribution in [0.3, 0.4) is 0 Å². The molecule has 5 fully saturated rings. The Morgan fingerprint density at radius 2 is 1.65 bits per heavy atom. The minimum Gasteiger partial charge on any atom is -0.462 e. The summed E-state index contributed by atoms with van der Waals surface area (Å²) in [7, 11) is 2.08. The average molecular weight is 1140 g/mol. The lowest BCUT2D eigenvalue weighted by Crippen LogP contribution is -2.58. The van der Waals surface area contributed by atoms with Crippen LogP contribution in [0.4, 0.5) is 10.2 Å². The number of nitrogens with one attached hydrogen (secondary N) is 4. The quantitative estimate of drug-likeness (QED) is 0.0702. The van der Waals surface area contributed by atoms with Crippen LogP contribution in [0.1, 0.15) is 77.0 Å². The predicted molar refractivity (Wildman–Crippen MR) is 311 cm³/mol. The van der Waals surface area contributed by atoms with E-state index in [1.54, 1.807) is 23.6 Å². The molecule has 11 rings (SSSR count). The van der Waals surface area contributed by atoms with Crippen LogP contribution in [0, 0.1) is 24.1 Å². The standard InChI is InChI=1S/C60H72ClFN12O6S/c1-34-53(81-33-66-34)37-14-12-35(13-15-37)26-65-57(78)47-25-43(75)31-74(47)58(79)54(60(2,3)4)68-48(76)18-21-63-56(77)38-19-22-72(23-20-38)41-24-42(71(5)30-41)32-80-59-69-52-45(55(70-59)73-28-39-16-17-40(29-73)67-39)27-64-51(50(52)62)44-10-6-8-36-9-7-11-46(61)49(36)44/h6-15,27,33,38-43,47,54,67,75H,16-26,28-32H2,1-5H3,(H,63,77)(H,65,78)(H,68,76)/t39?,40?,41-,42-,43+,47-,54?/m0/s1. The van der Waals surface area contributed by atoms with Crippen molar-refractivity contribution in [3.05, 3.63) is 94.5 Å². The zero-order valence-corrected chi connectivity index (χ0v) is 48.2. The zero-order valence-electron chi connectivity index (χ0n) is 46.6. The number of aliphatic hydroxyl groups is 1. The number of aliphatic hydroxyl groups excluding tert-OH is 1. The number of likely N-dealkylation sites (N-methyl/N-ethyl adjacent to an activating group) is 1. The number of fused-ring (bicyclic) bond motifs is 4. The van der Waals surface area contributed by atoms with Gasteiger partial charge in [0, 0.05) is 104 Å². The molecule has 2 bridgehead atoms. The minimum atomic E-state index is -0.981. The second-order valence-electron chi connectivity index (χ2n) is 23.8. The number of piperazine rings is 1. The number of likely N-dealkylation sites (tertiary alicyclic amines) is 3. The molecule has 21 heteroatoms. The number of hydrogen-bond acceptors (Lipinski definition) is 15. The number of rotatable bonds is 16. The third kappa shape index (κ3) is 12.2. The maximum atomic E-state index is 17.0. The molecule has 0 saturated carbocycles. The third-order valence-corrected chi connectivity index (χ3v) is 18.4. The SMILES string of the molecule is Cc1ncsc1-c1ccc(CNC(=O)[C@@H]2C[C@@H](O)CN2C(=O)C(NC(=O)CCNC(=O)C2CCN([C@H]3C[C@@H](COc4nc(N5CC6CCC(C5)N6)c5cnc(-c6cccc7cccc(Cl)c67)c(F)c5n4)N(C)C3)CC2)C(C)(C)C)cc1. The summed E-state index contributed by atoms with van der Waals surface area (Å²) in [6, 6.07) is 18.3. The Morgan fingerprint density at radius 3 is 2.37 bits per heavy atom. The summed E-state index contributed by atoms with van der Waals surface area (Å²) < 4.78 is 23.5. The summed E-state index contributed by atoms with van der Waals surface area (Å²) in [5.41, 5.74) is 4.88. The first-order valence-electron chi connectivity index (χ1n) is 28.4. The van der Waals surface area contributed by atoms with Gasteiger partial charge < -0.3 is 40.9 Å². The van der Waals surface area contributed by atoms with Crippen LogP contribution in [0.5, 0.6) is 6.01 Å². The first kappa shape index (κ1) is 56.4. The van der Waals surface area contributed by atoms with Gasteiger partial charge in [-0.15, -0.1) is 11.3 Å². The molecule has 18 nitrogen and oxygen atoms in total. The molecule has 0 spiro atoms. The van der Waals surface area contributed by atoms with E-state index in [1.165, 1.54) is 4.90 Å². The Hall–Kier alpha value is -6.42. The molecule has 3 aromatic carbocycles. The number of hydrogen-bond donors (Lipinski definition) is 5. The summed E-state index contributed by atoms with van der Waals surface area (Å²) in [5.74, 6) is -1.47. The van der Waals surface area contributed by atoms with Gasteiger partial charge in [-0.25, -0.2) is 9.37 Å². The molecule has 7 atom stereocenters. The molecule has 5 N–H and O–H groups in total. The fourth-order valence-corrected chi connectivity index (χ4v) is 13.7. The van der Waals surface area contributed by atoms with Gasteiger partial charge in [0.1, 0.15) is 35.7 Å². The van der Waals surface area contributed by atoms with E-state index in [1.807, 2.05) is 87.8 Å². The number of nitrogens with zero attached hydrogens (tertiary/aromatic N) is 8. The van der Waals surface area contributed by atoms with E-state index in [2.05, 4.69) is 48.0 Å². The number of β-amino-alcohol motifs (C(OH)–C–C–N with tert-alkyl or cyclic N) is 1. The topological polar surface area (TPSA) is 210 Å². The molecule has 3 aromatic heterocycles. The number of benzene rings is 3. The number of piperidine rings is 1. The van der Waals surface area contributed by atoms with Crippen molar-refractivity contribution in [2.75, 3.05) is 64.4 Å². The number of aromatic nitrogens is 4. The summed E-state index contributed by atoms with van der Waals surface area (Å²) in [6.45, 7) is 11.9. The normalized spacial score (nSPS) is 23.1. The van der Waals surface area contributed by atoms with Crippen LogP contribution in [0.15, 0.2) is 72.4 Å². The maximum Gasteiger partial charge on any atom is 0.319 e. The maximum absolute atomic E-state index is 17.0. The van der Waals surface area contributed by atoms with Gasteiger partial charge in [-0.3, -0.25) is 34.0 Å². The number of carbonyl (C=O) groups is 4. The second-order valence-corrected chi connectivity index (χ2v) is 25.1. The Labute approximate surface area is 480 Å². The van der Waals surface area contributed by atoms with E-state index in [9.17, 15) is 24.3 Å². The Balaban J connectivity index is 0.659. The highest BCUT2D eigenvalue weighted by molar-refractivity contribution is 7.13. The first-order valence-corrected chi connectivity index (χ1v) is 29.7. The number of pyridine rings is 1. The van der Waals surface area contributed by atoms with Crippen molar-refractivity contribution in [2.45, 2.75) is 122 Å². The van der Waals surface area contributed by atoms with E-state index >= 15 is 4.39 Å². The van der Waals surface area contributed by atoms with Crippen molar-refractivity contribution >= 4 is 74.1 Å². The number of halogens is 2. The van der Waals surface area contributed by atoms with E-state index in [0.29, 0.717) is 53.3 Å². The molecule has 5 aliphatic rings. The molecule has 6 aromatic rings.